The number of halogens is 1. The molecule has 3 fully saturated rings. The summed E-state index contributed by atoms with van der Waals surface area (Å²) < 4.78 is 33.6. The van der Waals surface area contributed by atoms with E-state index in [0.29, 0.717) is 57.1 Å². The monoisotopic (exact) mass is 512 g/mol. The standard InChI is InChI=1S/C26H33FN6O4/c1-16-7-17-10-28-33(23(17)8-21(16)20-3-4-31(12-22(20)27)18-14-36-15-18)25-9-24(29-26(30-25)35-2)32-5-6-37-19(11-32)13-34/h7-10,18-20,22,34H,3-6,11-15H2,1-2H3/t19-,20?,22?/m0/s1. The highest BCUT2D eigenvalue weighted by atomic mass is 19.1. The fourth-order valence-corrected chi connectivity index (χ4v) is 5.63. The number of hydrogen-bond donors (Lipinski definition) is 1. The third-order valence-electron chi connectivity index (χ3n) is 7.81. The molecule has 37 heavy (non-hydrogen) atoms. The molecule has 0 spiro atoms. The molecule has 0 saturated carbocycles. The zero-order chi connectivity index (χ0) is 25.5. The Balaban J connectivity index is 1.33. The summed E-state index contributed by atoms with van der Waals surface area (Å²) in [6, 6.07) is 6.60. The molecule has 6 rings (SSSR count). The number of benzene rings is 1. The van der Waals surface area contributed by atoms with Crippen LogP contribution in [0.2, 0.25) is 0 Å². The molecule has 1 aromatic carbocycles. The van der Waals surface area contributed by atoms with Crippen LogP contribution in [0.5, 0.6) is 6.01 Å². The van der Waals surface area contributed by atoms with Gasteiger partial charge in [-0.3, -0.25) is 4.90 Å². The molecule has 198 valence electrons. The molecule has 1 N–H and O–H groups in total. The van der Waals surface area contributed by atoms with Gasteiger partial charge in [0.05, 0.1) is 57.4 Å². The van der Waals surface area contributed by atoms with E-state index in [1.165, 1.54) is 7.11 Å². The fourth-order valence-electron chi connectivity index (χ4n) is 5.63. The number of likely N-dealkylation sites (tertiary alicyclic amines) is 1. The van der Waals surface area contributed by atoms with Crippen molar-refractivity contribution in [3.63, 3.8) is 0 Å². The molecule has 11 heteroatoms. The van der Waals surface area contributed by atoms with Gasteiger partial charge in [0, 0.05) is 37.0 Å². The molecule has 3 atom stereocenters. The van der Waals surface area contributed by atoms with E-state index in [1.807, 2.05) is 24.1 Å². The number of morpholine rings is 1. The fraction of sp³-hybridized carbons (Fsp3) is 0.577. The highest BCUT2D eigenvalue weighted by Gasteiger charge is 2.36. The first-order valence-electron chi connectivity index (χ1n) is 12.9. The smallest absolute Gasteiger partial charge is 0.320 e. The van der Waals surface area contributed by atoms with Crippen LogP contribution >= 0.6 is 0 Å². The zero-order valence-corrected chi connectivity index (χ0v) is 21.2. The minimum atomic E-state index is -0.937. The van der Waals surface area contributed by atoms with Gasteiger partial charge in [-0.1, -0.05) is 0 Å². The van der Waals surface area contributed by atoms with Crippen molar-refractivity contribution in [3.05, 3.63) is 35.5 Å². The SMILES string of the molecule is COc1nc(N2CCO[C@H](CO)C2)cc(-n2ncc3cc(C)c(C4CCN(C5COC5)CC4F)cc32)n1. The number of aryl methyl sites for hydroxylation is 1. The minimum absolute atomic E-state index is 0.0551. The summed E-state index contributed by atoms with van der Waals surface area (Å²) in [7, 11) is 1.53. The zero-order valence-electron chi connectivity index (χ0n) is 21.2. The molecule has 5 heterocycles. The van der Waals surface area contributed by atoms with E-state index in [4.69, 9.17) is 14.2 Å². The van der Waals surface area contributed by atoms with Crippen molar-refractivity contribution in [2.75, 3.05) is 64.6 Å². The van der Waals surface area contributed by atoms with Gasteiger partial charge in [-0.2, -0.15) is 15.1 Å². The summed E-state index contributed by atoms with van der Waals surface area (Å²) in [6.45, 7) is 6.37. The van der Waals surface area contributed by atoms with E-state index in [1.54, 1.807) is 4.68 Å². The molecule has 3 aromatic rings. The van der Waals surface area contributed by atoms with Gasteiger partial charge in [0.25, 0.3) is 0 Å². The van der Waals surface area contributed by atoms with Crippen molar-refractivity contribution in [1.82, 2.24) is 24.6 Å². The molecule has 0 radical (unpaired) electrons. The third kappa shape index (κ3) is 4.65. The number of piperidine rings is 1. The lowest BCUT2D eigenvalue weighted by Crippen LogP contribution is -2.54. The van der Waals surface area contributed by atoms with E-state index in [9.17, 15) is 5.11 Å². The van der Waals surface area contributed by atoms with E-state index in [0.717, 1.165) is 35.0 Å². The maximum absolute atomic E-state index is 15.5. The van der Waals surface area contributed by atoms with Crippen molar-refractivity contribution >= 4 is 16.7 Å². The summed E-state index contributed by atoms with van der Waals surface area (Å²) in [6.07, 6.45) is 1.37. The Bertz CT molecular complexity index is 1270. The summed E-state index contributed by atoms with van der Waals surface area (Å²) in [5.74, 6) is 1.08. The molecule has 10 nitrogen and oxygen atoms in total. The number of ether oxygens (including phenoxy) is 3. The minimum Gasteiger partial charge on any atom is -0.467 e. The number of aliphatic hydroxyl groups is 1. The highest BCUT2D eigenvalue weighted by molar-refractivity contribution is 5.82. The summed E-state index contributed by atoms with van der Waals surface area (Å²) in [5.41, 5.74) is 2.96. The summed E-state index contributed by atoms with van der Waals surface area (Å²) >= 11 is 0. The first-order valence-corrected chi connectivity index (χ1v) is 12.9. The van der Waals surface area contributed by atoms with Crippen LogP contribution in [0.15, 0.2) is 24.4 Å². The second kappa shape index (κ2) is 10.1. The molecule has 0 bridgehead atoms. The lowest BCUT2D eigenvalue weighted by molar-refractivity contribution is -0.0807. The Morgan fingerprint density at radius 3 is 2.70 bits per heavy atom. The van der Waals surface area contributed by atoms with Gasteiger partial charge in [-0.05, 0) is 43.1 Å². The van der Waals surface area contributed by atoms with E-state index in [2.05, 4.69) is 32.1 Å². The topological polar surface area (TPSA) is 98.0 Å². The molecule has 2 aromatic heterocycles. The number of alkyl halides is 1. The molecule has 0 aliphatic carbocycles. The Kier molecular flexibility index (Phi) is 6.70. The average molecular weight is 513 g/mol. The van der Waals surface area contributed by atoms with Gasteiger partial charge in [-0.15, -0.1) is 0 Å². The van der Waals surface area contributed by atoms with Gasteiger partial charge in [0.1, 0.15) is 12.0 Å². The van der Waals surface area contributed by atoms with E-state index >= 15 is 4.39 Å². The molecular weight excluding hydrogens is 479 g/mol. The van der Waals surface area contributed by atoms with Gasteiger partial charge < -0.3 is 24.2 Å². The largest absolute Gasteiger partial charge is 0.467 e. The number of rotatable bonds is 6. The molecule has 0 amide bonds. The average Bonchev–Trinajstić information content (AvgIpc) is 3.30. The van der Waals surface area contributed by atoms with Crippen LogP contribution in [0.25, 0.3) is 16.7 Å². The maximum Gasteiger partial charge on any atom is 0.320 e. The quantitative estimate of drug-likeness (QED) is 0.531. The molecule has 3 aliphatic rings. The summed E-state index contributed by atoms with van der Waals surface area (Å²) in [4.78, 5) is 13.4. The number of nitrogens with zero attached hydrogens (tertiary/aromatic N) is 6. The molecule has 2 unspecified atom stereocenters. The summed E-state index contributed by atoms with van der Waals surface area (Å²) in [5, 5.41) is 15.1. The van der Waals surface area contributed by atoms with Crippen LogP contribution in [-0.4, -0.2) is 108 Å². The van der Waals surface area contributed by atoms with Crippen molar-refractivity contribution < 1.29 is 23.7 Å². The number of aromatic nitrogens is 4. The number of hydrogen-bond acceptors (Lipinski definition) is 9. The first kappa shape index (κ1) is 24.5. The molecule has 3 saturated heterocycles. The lowest BCUT2D eigenvalue weighted by atomic mass is 9.84. The van der Waals surface area contributed by atoms with Crippen LogP contribution in [-0.2, 0) is 9.47 Å². The number of anilines is 1. The number of aliphatic hydroxyl groups excluding tert-OH is 1. The van der Waals surface area contributed by atoms with Gasteiger partial charge in [0.15, 0.2) is 5.82 Å². The Morgan fingerprint density at radius 1 is 1.14 bits per heavy atom. The van der Waals surface area contributed by atoms with Gasteiger partial charge >= 0.3 is 6.01 Å². The van der Waals surface area contributed by atoms with Crippen LogP contribution in [0.1, 0.15) is 23.5 Å². The second-order valence-corrected chi connectivity index (χ2v) is 10.1. The van der Waals surface area contributed by atoms with Crippen LogP contribution in [0.3, 0.4) is 0 Å². The second-order valence-electron chi connectivity index (χ2n) is 10.1. The predicted molar refractivity (Wildman–Crippen MR) is 135 cm³/mol. The van der Waals surface area contributed by atoms with Crippen LogP contribution in [0.4, 0.5) is 10.2 Å². The number of methoxy groups -OCH3 is 1. The van der Waals surface area contributed by atoms with Crippen molar-refractivity contribution in [1.29, 1.82) is 0 Å². The Labute approximate surface area is 214 Å². The van der Waals surface area contributed by atoms with Crippen molar-refractivity contribution in [2.45, 2.75) is 37.6 Å². The highest BCUT2D eigenvalue weighted by Crippen LogP contribution is 2.36. The Hall–Kier alpha value is -2.86. The normalized spacial score (nSPS) is 25.4. The Morgan fingerprint density at radius 2 is 1.97 bits per heavy atom. The van der Waals surface area contributed by atoms with Crippen LogP contribution in [0, 0.1) is 6.92 Å². The molecule has 3 aliphatic heterocycles. The van der Waals surface area contributed by atoms with E-state index < -0.39 is 6.17 Å². The molecular formula is C26H33FN6O4. The first-order chi connectivity index (χ1) is 18.0. The van der Waals surface area contributed by atoms with Gasteiger partial charge in [-0.25, -0.2) is 9.07 Å². The van der Waals surface area contributed by atoms with Crippen molar-refractivity contribution in [2.24, 2.45) is 0 Å². The lowest BCUT2D eigenvalue weighted by Gasteiger charge is -2.43. The van der Waals surface area contributed by atoms with Crippen molar-refractivity contribution in [3.8, 4) is 11.8 Å². The maximum atomic E-state index is 15.5. The van der Waals surface area contributed by atoms with Gasteiger partial charge in [0.2, 0.25) is 0 Å². The number of fused-ring (bicyclic) bond motifs is 1. The predicted octanol–water partition coefficient (Wildman–Crippen LogP) is 1.86. The van der Waals surface area contributed by atoms with Crippen LogP contribution < -0.4 is 9.64 Å². The van der Waals surface area contributed by atoms with E-state index in [-0.39, 0.29) is 24.6 Å². The third-order valence-corrected chi connectivity index (χ3v) is 7.81.